The zero-order chi connectivity index (χ0) is 27.8. The molecule has 0 radical (unpaired) electrons. The number of primary amides is 1. The number of aliphatic hydroxyl groups excluding tert-OH is 1. The number of aryl methyl sites for hydroxylation is 1. The Balaban J connectivity index is 1.19. The number of carbonyl (C=O) groups excluding carboxylic acids is 1. The molecule has 2 heterocycles. The fourth-order valence-corrected chi connectivity index (χ4v) is 7.18. The van der Waals surface area contributed by atoms with Gasteiger partial charge in [0, 0.05) is 24.4 Å². The molecule has 1 saturated carbocycles. The lowest BCUT2D eigenvalue weighted by molar-refractivity contribution is 0.0425. The van der Waals surface area contributed by atoms with E-state index in [1.165, 1.54) is 11.1 Å². The number of anilines is 3. The predicted octanol–water partition coefficient (Wildman–Crippen LogP) is 4.04. The number of methoxy groups -OCH3 is 1. The van der Waals surface area contributed by atoms with E-state index < -0.39 is 6.09 Å². The molecule has 6 atom stereocenters. The van der Waals surface area contributed by atoms with Gasteiger partial charge >= 0.3 is 6.09 Å². The summed E-state index contributed by atoms with van der Waals surface area (Å²) in [5.74, 6) is 1.96. The van der Waals surface area contributed by atoms with E-state index in [0.717, 1.165) is 69.5 Å². The van der Waals surface area contributed by atoms with Crippen LogP contribution in [0, 0.1) is 11.8 Å². The summed E-state index contributed by atoms with van der Waals surface area (Å²) in [5.41, 5.74) is 8.63. The molecule has 1 amide bonds. The molecule has 40 heavy (non-hydrogen) atoms. The minimum Gasteiger partial charge on any atom is -0.494 e. The summed E-state index contributed by atoms with van der Waals surface area (Å²) in [7, 11) is 1.70. The van der Waals surface area contributed by atoms with E-state index in [-0.39, 0.29) is 30.1 Å². The minimum atomic E-state index is -0.788. The molecule has 2 unspecified atom stereocenters. The molecule has 4 aliphatic rings. The number of piperidine rings is 1. The second kappa shape index (κ2) is 11.4. The van der Waals surface area contributed by atoms with Crippen molar-refractivity contribution in [3.05, 3.63) is 46.6 Å². The Kier molecular flexibility index (Phi) is 7.74. The van der Waals surface area contributed by atoms with E-state index in [2.05, 4.69) is 43.7 Å². The highest BCUT2D eigenvalue weighted by Crippen LogP contribution is 2.43. The van der Waals surface area contributed by atoms with E-state index >= 15 is 0 Å². The molecule has 3 aliphatic carbocycles. The first kappa shape index (κ1) is 27.1. The standard InChI is InChI=1S/C29H37ClN6O4/c1-39-26-21-10-9-19(36-12-2-3-20(37)15-36)8-6-16(21)7-11-23(26)33-29-32-14-22(30)27(35-29)34-24-17-4-5-18(13-17)25(24)40-28(31)38/h4-5,7,11,14,17-20,24-25,37H,2-3,6,8-10,12-13,15H2,1H3,(H2,31,38)(H2,32,33,34,35)/t17-,18+,19?,20?,24+,25-/m0/s1. The van der Waals surface area contributed by atoms with Crippen molar-refractivity contribution < 1.29 is 19.4 Å². The van der Waals surface area contributed by atoms with Gasteiger partial charge in [-0.2, -0.15) is 4.98 Å². The average molecular weight is 569 g/mol. The lowest BCUT2D eigenvalue weighted by atomic mass is 9.98. The number of halogens is 1. The number of hydrogen-bond donors (Lipinski definition) is 4. The van der Waals surface area contributed by atoms with Crippen LogP contribution in [0.2, 0.25) is 5.02 Å². The van der Waals surface area contributed by atoms with Crippen LogP contribution in [0.5, 0.6) is 5.75 Å². The van der Waals surface area contributed by atoms with Gasteiger partial charge in [0.05, 0.1) is 31.1 Å². The van der Waals surface area contributed by atoms with E-state index in [1.807, 2.05) is 6.07 Å². The van der Waals surface area contributed by atoms with Crippen molar-refractivity contribution in [2.45, 2.75) is 69.2 Å². The molecular weight excluding hydrogens is 532 g/mol. The number of ether oxygens (including phenoxy) is 2. The Hall–Kier alpha value is -3.08. The number of likely N-dealkylation sites (tertiary alicyclic amines) is 1. The number of fused-ring (bicyclic) bond motifs is 3. The van der Waals surface area contributed by atoms with Crippen LogP contribution in [0.15, 0.2) is 30.5 Å². The van der Waals surface area contributed by atoms with Crippen molar-refractivity contribution in [2.24, 2.45) is 17.6 Å². The van der Waals surface area contributed by atoms with Gasteiger partial charge in [-0.1, -0.05) is 29.8 Å². The molecule has 1 saturated heterocycles. The number of aromatic nitrogens is 2. The second-order valence-electron chi connectivity index (χ2n) is 11.3. The molecular formula is C29H37ClN6O4. The van der Waals surface area contributed by atoms with Crippen molar-refractivity contribution in [3.8, 4) is 5.75 Å². The number of carbonyl (C=O) groups is 1. The average Bonchev–Trinajstić information content (AvgIpc) is 3.46. The number of nitrogens with zero attached hydrogens (tertiary/aromatic N) is 3. The van der Waals surface area contributed by atoms with E-state index in [9.17, 15) is 9.90 Å². The van der Waals surface area contributed by atoms with E-state index in [0.29, 0.717) is 22.8 Å². The van der Waals surface area contributed by atoms with Gasteiger partial charge in [0.15, 0.2) is 5.82 Å². The summed E-state index contributed by atoms with van der Waals surface area (Å²) in [6.45, 7) is 1.82. The van der Waals surface area contributed by atoms with Gasteiger partial charge in [-0.25, -0.2) is 9.78 Å². The Morgan fingerprint density at radius 1 is 1.20 bits per heavy atom. The molecule has 6 rings (SSSR count). The molecule has 10 nitrogen and oxygen atoms in total. The monoisotopic (exact) mass is 568 g/mol. The molecule has 0 spiro atoms. The van der Waals surface area contributed by atoms with Gasteiger partial charge < -0.3 is 30.9 Å². The smallest absolute Gasteiger partial charge is 0.404 e. The highest BCUT2D eigenvalue weighted by atomic mass is 35.5. The summed E-state index contributed by atoms with van der Waals surface area (Å²) in [4.78, 5) is 23.1. The van der Waals surface area contributed by atoms with Crippen LogP contribution in [0.4, 0.5) is 22.2 Å². The maximum absolute atomic E-state index is 11.5. The number of amides is 1. The third kappa shape index (κ3) is 5.44. The lowest BCUT2D eigenvalue weighted by Gasteiger charge is -2.36. The van der Waals surface area contributed by atoms with Gasteiger partial charge in [-0.15, -0.1) is 0 Å². The molecule has 2 fully saturated rings. The van der Waals surface area contributed by atoms with Crippen LogP contribution in [-0.4, -0.2) is 70.6 Å². The first-order valence-electron chi connectivity index (χ1n) is 14.2. The van der Waals surface area contributed by atoms with Crippen LogP contribution in [0.3, 0.4) is 0 Å². The molecule has 214 valence electrons. The topological polar surface area (TPSA) is 135 Å². The third-order valence-electron chi connectivity index (χ3n) is 8.91. The fourth-order valence-electron chi connectivity index (χ4n) is 7.03. The zero-order valence-corrected chi connectivity index (χ0v) is 23.4. The SMILES string of the molecule is COc1c(Nc2ncc(Cl)c(N[C@H]3[C@@H](OC(N)=O)[C@@H]4C=C[C@H]3C4)n2)ccc2c1CCC(N1CCCC(O)C1)CC2. The van der Waals surface area contributed by atoms with Crippen molar-refractivity contribution in [2.75, 3.05) is 30.8 Å². The van der Waals surface area contributed by atoms with Crippen LogP contribution in [0.1, 0.15) is 43.2 Å². The van der Waals surface area contributed by atoms with E-state index in [1.54, 1.807) is 13.3 Å². The molecule has 2 bridgehead atoms. The highest BCUT2D eigenvalue weighted by molar-refractivity contribution is 6.32. The summed E-state index contributed by atoms with van der Waals surface area (Å²) in [6.07, 6.45) is 11.2. The number of nitrogens with one attached hydrogen (secondary N) is 2. The summed E-state index contributed by atoms with van der Waals surface area (Å²) >= 11 is 6.48. The third-order valence-corrected chi connectivity index (χ3v) is 9.19. The lowest BCUT2D eigenvalue weighted by Crippen LogP contribution is -2.44. The number of β-amino-alcohol motifs (C(OH)–C–C–N with tert-alkyl or cyclic N) is 1. The summed E-state index contributed by atoms with van der Waals surface area (Å²) in [5, 5.41) is 17.3. The van der Waals surface area contributed by atoms with Crippen LogP contribution in [-0.2, 0) is 17.6 Å². The summed E-state index contributed by atoms with van der Waals surface area (Å²) in [6, 6.07) is 4.46. The zero-order valence-electron chi connectivity index (χ0n) is 22.7. The van der Waals surface area contributed by atoms with E-state index in [4.69, 9.17) is 26.8 Å². The maximum Gasteiger partial charge on any atom is 0.404 e. The first-order chi connectivity index (χ1) is 19.4. The normalized spacial score (nSPS) is 29.5. The maximum atomic E-state index is 11.5. The quantitative estimate of drug-likeness (QED) is 0.288. The number of hydrogen-bond acceptors (Lipinski definition) is 9. The molecule has 1 aromatic heterocycles. The first-order valence-corrected chi connectivity index (χ1v) is 14.6. The van der Waals surface area contributed by atoms with Crippen molar-refractivity contribution >= 4 is 35.1 Å². The number of rotatable bonds is 7. The Morgan fingerprint density at radius 2 is 2.02 bits per heavy atom. The molecule has 5 N–H and O–H groups in total. The van der Waals surface area contributed by atoms with Crippen molar-refractivity contribution in [3.63, 3.8) is 0 Å². The fraction of sp³-hybridized carbons (Fsp3) is 0.552. The molecule has 2 aromatic rings. The predicted molar refractivity (Wildman–Crippen MR) is 153 cm³/mol. The molecule has 11 heteroatoms. The summed E-state index contributed by atoms with van der Waals surface area (Å²) < 4.78 is 11.4. The second-order valence-corrected chi connectivity index (χ2v) is 11.7. The highest BCUT2D eigenvalue weighted by Gasteiger charge is 2.47. The van der Waals surface area contributed by atoms with Crippen LogP contribution < -0.4 is 21.1 Å². The van der Waals surface area contributed by atoms with Crippen LogP contribution >= 0.6 is 11.6 Å². The number of nitrogens with two attached hydrogens (primary N) is 1. The Bertz CT molecular complexity index is 1290. The molecule has 1 aliphatic heterocycles. The largest absolute Gasteiger partial charge is 0.494 e. The van der Waals surface area contributed by atoms with Crippen molar-refractivity contribution in [1.29, 1.82) is 0 Å². The van der Waals surface area contributed by atoms with Gasteiger partial charge in [-0.05, 0) is 68.7 Å². The Labute approximate surface area is 239 Å². The number of aliphatic hydroxyl groups is 1. The van der Waals surface area contributed by atoms with Gasteiger partial charge in [0.1, 0.15) is 16.9 Å². The van der Waals surface area contributed by atoms with Crippen molar-refractivity contribution in [1.82, 2.24) is 14.9 Å². The van der Waals surface area contributed by atoms with Gasteiger partial charge in [-0.3, -0.25) is 4.90 Å². The Morgan fingerprint density at radius 3 is 2.83 bits per heavy atom. The minimum absolute atomic E-state index is 0.122. The van der Waals surface area contributed by atoms with Crippen LogP contribution in [0.25, 0.3) is 0 Å². The molecule has 1 aromatic carbocycles. The number of benzene rings is 1. The van der Waals surface area contributed by atoms with Gasteiger partial charge in [0.2, 0.25) is 5.95 Å². The van der Waals surface area contributed by atoms with Gasteiger partial charge in [0.25, 0.3) is 0 Å².